The van der Waals surface area contributed by atoms with Crippen LogP contribution in [-0.4, -0.2) is 11.9 Å². The van der Waals surface area contributed by atoms with E-state index in [2.05, 4.69) is 32.1 Å². The first-order valence-corrected chi connectivity index (χ1v) is 7.98. The predicted octanol–water partition coefficient (Wildman–Crippen LogP) is 4.90. The van der Waals surface area contributed by atoms with Crippen molar-refractivity contribution >= 4 is 11.9 Å². The van der Waals surface area contributed by atoms with Gasteiger partial charge < -0.3 is 9.47 Å². The number of allylic oxidation sites excluding steroid dienone is 1. The Bertz CT molecular complexity index is 388. The Morgan fingerprint density at radius 1 is 1.00 bits per heavy atom. The zero-order chi connectivity index (χ0) is 17.0. The minimum absolute atomic E-state index is 0.265. The average molecular weight is 310 g/mol. The zero-order valence-corrected chi connectivity index (χ0v) is 14.4. The van der Waals surface area contributed by atoms with Gasteiger partial charge in [0.25, 0.3) is 5.95 Å². The number of carbonyl (C=O) groups is 2. The molecule has 22 heavy (non-hydrogen) atoms. The average Bonchev–Trinajstić information content (AvgIpc) is 2.36. The summed E-state index contributed by atoms with van der Waals surface area (Å²) in [5, 5.41) is 0. The van der Waals surface area contributed by atoms with Gasteiger partial charge in [-0.3, -0.25) is 4.79 Å². The van der Waals surface area contributed by atoms with Gasteiger partial charge in [-0.15, -0.1) is 0 Å². The molecule has 0 aliphatic carbocycles. The molecule has 0 aliphatic heterocycles. The van der Waals surface area contributed by atoms with Gasteiger partial charge in [0.2, 0.25) is 0 Å². The highest BCUT2D eigenvalue weighted by Gasteiger charge is 2.10. The van der Waals surface area contributed by atoms with E-state index in [0.29, 0.717) is 11.8 Å². The van der Waals surface area contributed by atoms with E-state index in [1.807, 2.05) is 0 Å². The van der Waals surface area contributed by atoms with Gasteiger partial charge in [-0.1, -0.05) is 52.5 Å². The number of unbranched alkanes of at least 4 members (excludes halogenated alkanes) is 4. The third kappa shape index (κ3) is 13.4. The molecule has 4 nitrogen and oxygen atoms in total. The summed E-state index contributed by atoms with van der Waals surface area (Å²) in [6.07, 6.45) is 9.65. The van der Waals surface area contributed by atoms with E-state index in [9.17, 15) is 9.59 Å². The fourth-order valence-corrected chi connectivity index (χ4v) is 1.94. The second kappa shape index (κ2) is 11.0. The molecule has 0 rings (SSSR count). The van der Waals surface area contributed by atoms with E-state index >= 15 is 0 Å². The van der Waals surface area contributed by atoms with Crippen LogP contribution in [0.15, 0.2) is 24.7 Å². The van der Waals surface area contributed by atoms with Crippen LogP contribution < -0.4 is 0 Å². The number of carbonyl (C=O) groups excluding carboxylic acids is 2. The van der Waals surface area contributed by atoms with Crippen molar-refractivity contribution < 1.29 is 19.1 Å². The van der Waals surface area contributed by atoms with Crippen LogP contribution in [0.1, 0.15) is 72.6 Å². The topological polar surface area (TPSA) is 52.6 Å². The molecule has 4 heteroatoms. The first-order chi connectivity index (χ1) is 10.2. The smallest absolute Gasteiger partial charge is 0.338 e. The summed E-state index contributed by atoms with van der Waals surface area (Å²) in [4.78, 5) is 22.6. The zero-order valence-electron chi connectivity index (χ0n) is 14.4. The Morgan fingerprint density at radius 3 is 2.18 bits per heavy atom. The molecule has 0 radical (unpaired) electrons. The Labute approximate surface area is 134 Å². The summed E-state index contributed by atoms with van der Waals surface area (Å²) in [5.41, 5.74) is 0.397. The normalized spacial score (nSPS) is 11.5. The van der Waals surface area contributed by atoms with Crippen LogP contribution in [0, 0.1) is 5.41 Å². The molecule has 0 bridgehead atoms. The second-order valence-corrected chi connectivity index (χ2v) is 6.60. The summed E-state index contributed by atoms with van der Waals surface area (Å²) >= 11 is 0. The summed E-state index contributed by atoms with van der Waals surface area (Å²) in [5.74, 6) is -1.27. The number of ether oxygens (including phenoxy) is 2. The monoisotopic (exact) mass is 310 g/mol. The molecule has 0 saturated heterocycles. The van der Waals surface area contributed by atoms with E-state index < -0.39 is 11.9 Å². The maximum Gasteiger partial charge on any atom is 0.338 e. The third-order valence-corrected chi connectivity index (χ3v) is 3.05. The van der Waals surface area contributed by atoms with Gasteiger partial charge in [-0.05, 0) is 31.8 Å². The van der Waals surface area contributed by atoms with E-state index in [1.54, 1.807) is 6.92 Å². The van der Waals surface area contributed by atoms with Gasteiger partial charge >= 0.3 is 11.9 Å². The molecule has 0 spiro atoms. The predicted molar refractivity (Wildman–Crippen MR) is 87.9 cm³/mol. The van der Waals surface area contributed by atoms with Crippen molar-refractivity contribution in [2.24, 2.45) is 5.41 Å². The van der Waals surface area contributed by atoms with E-state index in [0.717, 1.165) is 19.3 Å². The van der Waals surface area contributed by atoms with Crippen molar-refractivity contribution in [2.75, 3.05) is 0 Å². The van der Waals surface area contributed by atoms with Crippen LogP contribution in [0.25, 0.3) is 0 Å². The fourth-order valence-electron chi connectivity index (χ4n) is 1.94. The minimum atomic E-state index is -0.598. The summed E-state index contributed by atoms with van der Waals surface area (Å²) in [7, 11) is 0. The molecule has 0 aromatic carbocycles. The molecule has 0 atom stereocenters. The van der Waals surface area contributed by atoms with E-state index in [-0.39, 0.29) is 5.95 Å². The summed E-state index contributed by atoms with van der Waals surface area (Å²) in [6, 6.07) is 0. The largest absolute Gasteiger partial charge is 0.393 e. The summed E-state index contributed by atoms with van der Waals surface area (Å²) < 4.78 is 9.52. The van der Waals surface area contributed by atoms with Crippen molar-refractivity contribution in [3.63, 3.8) is 0 Å². The first kappa shape index (κ1) is 20.4. The maximum atomic E-state index is 11.5. The lowest BCUT2D eigenvalue weighted by molar-refractivity contribution is -0.150. The lowest BCUT2D eigenvalue weighted by atomic mass is 9.89. The van der Waals surface area contributed by atoms with Gasteiger partial charge in [-0.2, -0.15) is 0 Å². The molecule has 0 N–H and O–H groups in total. The van der Waals surface area contributed by atoms with Crippen LogP contribution in [-0.2, 0) is 19.1 Å². The van der Waals surface area contributed by atoms with Crippen LogP contribution in [0.5, 0.6) is 0 Å². The molecule has 0 unspecified atom stereocenters. The van der Waals surface area contributed by atoms with E-state index in [4.69, 9.17) is 4.74 Å². The van der Waals surface area contributed by atoms with E-state index in [1.165, 1.54) is 31.4 Å². The van der Waals surface area contributed by atoms with Crippen molar-refractivity contribution in [3.05, 3.63) is 24.7 Å². The molecular formula is C18H30O4. The lowest BCUT2D eigenvalue weighted by Gasteiger charge is -2.17. The van der Waals surface area contributed by atoms with Crippen LogP contribution >= 0.6 is 0 Å². The Morgan fingerprint density at radius 2 is 1.59 bits per heavy atom. The first-order valence-electron chi connectivity index (χ1n) is 7.98. The highest BCUT2D eigenvalue weighted by Crippen LogP contribution is 2.22. The second-order valence-electron chi connectivity index (χ2n) is 6.60. The third-order valence-electron chi connectivity index (χ3n) is 3.05. The maximum absolute atomic E-state index is 11.5. The SMILES string of the molecule is C=C(OC(=O)/C=C/C)OC(=O)CCCCCCCC(C)(C)C. The van der Waals surface area contributed by atoms with Gasteiger partial charge in [0.1, 0.15) is 0 Å². The highest BCUT2D eigenvalue weighted by molar-refractivity contribution is 5.82. The highest BCUT2D eigenvalue weighted by atomic mass is 16.7. The minimum Gasteiger partial charge on any atom is -0.393 e. The number of hydrogen-bond donors (Lipinski definition) is 0. The molecule has 0 fully saturated rings. The van der Waals surface area contributed by atoms with Crippen molar-refractivity contribution in [2.45, 2.75) is 72.6 Å². The number of hydrogen-bond acceptors (Lipinski definition) is 4. The lowest BCUT2D eigenvalue weighted by Crippen LogP contribution is -2.08. The standard InChI is InChI=1S/C18H30O4/c1-6-12-16(19)21-15(2)22-17(20)13-10-8-7-9-11-14-18(3,4)5/h6,12H,2,7-11,13-14H2,1,3-5H3/b12-6+. The molecule has 0 aliphatic rings. The number of rotatable bonds is 10. The van der Waals surface area contributed by atoms with Crippen molar-refractivity contribution in [3.8, 4) is 0 Å². The quantitative estimate of drug-likeness (QED) is 0.249. The van der Waals surface area contributed by atoms with Gasteiger partial charge in [0.05, 0.1) is 0 Å². The van der Waals surface area contributed by atoms with Gasteiger partial charge in [0.15, 0.2) is 0 Å². The van der Waals surface area contributed by atoms with Crippen LogP contribution in [0.3, 0.4) is 0 Å². The fraction of sp³-hybridized carbons (Fsp3) is 0.667. The molecule has 0 aromatic heterocycles. The molecule has 126 valence electrons. The number of esters is 2. The molecular weight excluding hydrogens is 280 g/mol. The summed E-state index contributed by atoms with van der Waals surface area (Å²) in [6.45, 7) is 11.8. The molecule has 0 amide bonds. The Balaban J connectivity index is 3.61. The van der Waals surface area contributed by atoms with Crippen LogP contribution in [0.2, 0.25) is 0 Å². The molecule has 0 heterocycles. The Kier molecular flexibility index (Phi) is 10.3. The molecule has 0 saturated carbocycles. The van der Waals surface area contributed by atoms with Crippen molar-refractivity contribution in [1.82, 2.24) is 0 Å². The van der Waals surface area contributed by atoms with Crippen molar-refractivity contribution in [1.29, 1.82) is 0 Å². The van der Waals surface area contributed by atoms with Crippen LogP contribution in [0.4, 0.5) is 0 Å². The molecule has 0 aromatic rings. The van der Waals surface area contributed by atoms with Gasteiger partial charge in [-0.25, -0.2) is 4.79 Å². The Hall–Kier alpha value is -1.58. The van der Waals surface area contributed by atoms with Gasteiger partial charge in [0, 0.05) is 12.5 Å².